The fourth-order valence-corrected chi connectivity index (χ4v) is 3.43. The number of hydrogen-bond acceptors (Lipinski definition) is 2. The molecule has 0 bridgehead atoms. The van der Waals surface area contributed by atoms with Crippen LogP contribution in [0.1, 0.15) is 40.4 Å². The maximum atomic E-state index is 13.1. The number of aliphatic hydroxyl groups is 1. The quantitative estimate of drug-likeness (QED) is 0.884. The van der Waals surface area contributed by atoms with E-state index >= 15 is 0 Å². The molecule has 1 amide bonds. The number of nitrogens with zero attached hydrogens (tertiary/aromatic N) is 1. The topological polar surface area (TPSA) is 40.5 Å². The Kier molecular flexibility index (Phi) is 5.32. The maximum Gasteiger partial charge on any atom is 0.417 e. The number of piperidine rings is 1. The monoisotopic (exact) mass is 363 g/mol. The van der Waals surface area contributed by atoms with Crippen molar-refractivity contribution in [3.05, 3.63) is 71.3 Å². The van der Waals surface area contributed by atoms with Gasteiger partial charge in [-0.05, 0) is 36.5 Å². The largest absolute Gasteiger partial charge is 0.417 e. The summed E-state index contributed by atoms with van der Waals surface area (Å²) in [6, 6.07) is 14.1. The SMILES string of the molecule is O=C(c1ccccc1C(F)(F)F)N1CCC(C(O)c2ccccc2)CC1. The van der Waals surface area contributed by atoms with Gasteiger partial charge in [-0.25, -0.2) is 0 Å². The first-order valence-electron chi connectivity index (χ1n) is 8.56. The second-order valence-electron chi connectivity index (χ2n) is 6.53. The zero-order valence-corrected chi connectivity index (χ0v) is 14.1. The average molecular weight is 363 g/mol. The molecule has 6 heteroatoms. The van der Waals surface area contributed by atoms with E-state index in [0.29, 0.717) is 25.9 Å². The average Bonchev–Trinajstić information content (AvgIpc) is 2.67. The van der Waals surface area contributed by atoms with Crippen LogP contribution in [0.3, 0.4) is 0 Å². The van der Waals surface area contributed by atoms with Crippen LogP contribution in [0.25, 0.3) is 0 Å². The van der Waals surface area contributed by atoms with E-state index in [-0.39, 0.29) is 11.5 Å². The number of amides is 1. The van der Waals surface area contributed by atoms with Gasteiger partial charge in [-0.3, -0.25) is 4.79 Å². The molecule has 138 valence electrons. The van der Waals surface area contributed by atoms with Crippen molar-refractivity contribution >= 4 is 5.91 Å². The molecular weight excluding hydrogens is 343 g/mol. The Morgan fingerprint density at radius 1 is 1.00 bits per heavy atom. The molecule has 1 fully saturated rings. The summed E-state index contributed by atoms with van der Waals surface area (Å²) in [6.07, 6.45) is -4.09. The summed E-state index contributed by atoms with van der Waals surface area (Å²) in [7, 11) is 0. The summed E-state index contributed by atoms with van der Waals surface area (Å²) in [6.45, 7) is 0.666. The Bertz CT molecular complexity index is 753. The van der Waals surface area contributed by atoms with Gasteiger partial charge in [0.05, 0.1) is 17.2 Å². The van der Waals surface area contributed by atoms with Crippen LogP contribution in [0.2, 0.25) is 0 Å². The van der Waals surface area contributed by atoms with E-state index < -0.39 is 23.8 Å². The first-order chi connectivity index (χ1) is 12.4. The van der Waals surface area contributed by atoms with Crippen LogP contribution in [0.4, 0.5) is 13.2 Å². The van der Waals surface area contributed by atoms with E-state index in [0.717, 1.165) is 11.6 Å². The van der Waals surface area contributed by atoms with Crippen LogP contribution in [-0.4, -0.2) is 29.0 Å². The van der Waals surface area contributed by atoms with Crippen molar-refractivity contribution in [2.24, 2.45) is 5.92 Å². The smallest absolute Gasteiger partial charge is 0.388 e. The van der Waals surface area contributed by atoms with Gasteiger partial charge in [-0.15, -0.1) is 0 Å². The lowest BCUT2D eigenvalue weighted by Crippen LogP contribution is -2.40. The number of hydrogen-bond donors (Lipinski definition) is 1. The Morgan fingerprint density at radius 3 is 2.19 bits per heavy atom. The van der Waals surface area contributed by atoms with Gasteiger partial charge in [-0.2, -0.15) is 13.2 Å². The van der Waals surface area contributed by atoms with E-state index in [1.165, 1.54) is 23.1 Å². The molecule has 1 aliphatic rings. The van der Waals surface area contributed by atoms with E-state index in [4.69, 9.17) is 0 Å². The maximum absolute atomic E-state index is 13.1. The van der Waals surface area contributed by atoms with Gasteiger partial charge in [0.2, 0.25) is 0 Å². The van der Waals surface area contributed by atoms with Gasteiger partial charge in [0.25, 0.3) is 5.91 Å². The summed E-state index contributed by atoms with van der Waals surface area (Å²) in [5.41, 5.74) is -0.404. The minimum absolute atomic E-state index is 0.0145. The third-order valence-corrected chi connectivity index (χ3v) is 4.88. The Morgan fingerprint density at radius 2 is 1.58 bits per heavy atom. The summed E-state index contributed by atoms with van der Waals surface area (Å²) in [5.74, 6) is -0.620. The van der Waals surface area contributed by atoms with Gasteiger partial charge >= 0.3 is 6.18 Å². The molecular formula is C20H20F3NO2. The molecule has 2 aromatic carbocycles. The van der Waals surface area contributed by atoms with Crippen LogP contribution in [0.5, 0.6) is 0 Å². The van der Waals surface area contributed by atoms with Crippen molar-refractivity contribution in [3.8, 4) is 0 Å². The number of halogens is 3. The lowest BCUT2D eigenvalue weighted by atomic mass is 9.87. The molecule has 0 aromatic heterocycles. The highest BCUT2D eigenvalue weighted by Gasteiger charge is 2.37. The van der Waals surface area contributed by atoms with E-state index in [1.807, 2.05) is 30.3 Å². The molecule has 1 atom stereocenters. The van der Waals surface area contributed by atoms with E-state index in [9.17, 15) is 23.1 Å². The van der Waals surface area contributed by atoms with Crippen LogP contribution in [0.15, 0.2) is 54.6 Å². The highest BCUT2D eigenvalue weighted by molar-refractivity contribution is 5.96. The molecule has 0 saturated carbocycles. The van der Waals surface area contributed by atoms with Gasteiger partial charge in [0.15, 0.2) is 0 Å². The normalized spacial score (nSPS) is 17.2. The molecule has 0 aliphatic carbocycles. The third-order valence-electron chi connectivity index (χ3n) is 4.88. The predicted octanol–water partition coefficient (Wildman–Crippen LogP) is 4.29. The molecule has 1 saturated heterocycles. The minimum Gasteiger partial charge on any atom is -0.388 e. The number of alkyl halides is 3. The van der Waals surface area contributed by atoms with Gasteiger partial charge in [-0.1, -0.05) is 42.5 Å². The highest BCUT2D eigenvalue weighted by Crippen LogP contribution is 2.34. The van der Waals surface area contributed by atoms with Crippen molar-refractivity contribution in [1.82, 2.24) is 4.90 Å². The number of likely N-dealkylation sites (tertiary alicyclic amines) is 1. The van der Waals surface area contributed by atoms with Crippen LogP contribution >= 0.6 is 0 Å². The Labute approximate surface area is 150 Å². The fourth-order valence-electron chi connectivity index (χ4n) is 3.43. The molecule has 26 heavy (non-hydrogen) atoms. The molecule has 1 heterocycles. The lowest BCUT2D eigenvalue weighted by Gasteiger charge is -2.34. The van der Waals surface area contributed by atoms with Crippen molar-refractivity contribution in [3.63, 3.8) is 0 Å². The summed E-state index contributed by atoms with van der Waals surface area (Å²) >= 11 is 0. The fraction of sp³-hybridized carbons (Fsp3) is 0.350. The molecule has 3 nitrogen and oxygen atoms in total. The number of aliphatic hydroxyl groups excluding tert-OH is 1. The standard InChI is InChI=1S/C20H20F3NO2/c21-20(22,23)17-9-5-4-8-16(17)19(26)24-12-10-15(11-13-24)18(25)14-6-2-1-3-7-14/h1-9,15,18,25H,10-13H2. The van der Waals surface area contributed by atoms with Crippen molar-refractivity contribution in [2.75, 3.05) is 13.1 Å². The Balaban J connectivity index is 1.68. The molecule has 0 radical (unpaired) electrons. The first kappa shape index (κ1) is 18.5. The number of carbonyl (C=O) groups is 1. The number of benzene rings is 2. The van der Waals surface area contributed by atoms with Gasteiger partial charge in [0, 0.05) is 13.1 Å². The summed E-state index contributed by atoms with van der Waals surface area (Å²) in [5, 5.41) is 10.5. The zero-order chi connectivity index (χ0) is 18.7. The van der Waals surface area contributed by atoms with Crippen molar-refractivity contribution in [1.29, 1.82) is 0 Å². The van der Waals surface area contributed by atoms with Crippen LogP contribution < -0.4 is 0 Å². The third kappa shape index (κ3) is 3.90. The molecule has 1 N–H and O–H groups in total. The van der Waals surface area contributed by atoms with Crippen LogP contribution in [-0.2, 0) is 6.18 Å². The predicted molar refractivity (Wildman–Crippen MR) is 91.5 cm³/mol. The summed E-state index contributed by atoms with van der Waals surface area (Å²) in [4.78, 5) is 14.0. The highest BCUT2D eigenvalue weighted by atomic mass is 19.4. The second-order valence-corrected chi connectivity index (χ2v) is 6.53. The second kappa shape index (κ2) is 7.50. The Hall–Kier alpha value is -2.34. The van der Waals surface area contributed by atoms with Crippen molar-refractivity contribution in [2.45, 2.75) is 25.1 Å². The van der Waals surface area contributed by atoms with Crippen LogP contribution in [0, 0.1) is 5.92 Å². The molecule has 0 spiro atoms. The molecule has 3 rings (SSSR count). The van der Waals surface area contributed by atoms with E-state index in [1.54, 1.807) is 0 Å². The van der Waals surface area contributed by atoms with Gasteiger partial charge in [0.1, 0.15) is 0 Å². The molecule has 2 aromatic rings. The zero-order valence-electron chi connectivity index (χ0n) is 14.1. The van der Waals surface area contributed by atoms with Crippen molar-refractivity contribution < 1.29 is 23.1 Å². The minimum atomic E-state index is -4.56. The molecule has 1 unspecified atom stereocenters. The molecule has 1 aliphatic heterocycles. The first-order valence-corrected chi connectivity index (χ1v) is 8.56. The van der Waals surface area contributed by atoms with E-state index in [2.05, 4.69) is 0 Å². The lowest BCUT2D eigenvalue weighted by molar-refractivity contribution is -0.138. The number of rotatable bonds is 3. The number of carbonyl (C=O) groups excluding carboxylic acids is 1. The van der Waals surface area contributed by atoms with Gasteiger partial charge < -0.3 is 10.0 Å². The summed E-state index contributed by atoms with van der Waals surface area (Å²) < 4.78 is 39.4.